The minimum absolute atomic E-state index is 0.106. The summed E-state index contributed by atoms with van der Waals surface area (Å²) in [5.74, 6) is 0. The van der Waals surface area contributed by atoms with Crippen LogP contribution in [0.4, 0.5) is 0 Å². The summed E-state index contributed by atoms with van der Waals surface area (Å²) >= 11 is 8.50. The Morgan fingerprint density at radius 3 is 2.88 bits per heavy atom. The molecule has 0 bridgehead atoms. The van der Waals surface area contributed by atoms with Gasteiger partial charge in [-0.05, 0) is 10.8 Å². The van der Waals surface area contributed by atoms with Gasteiger partial charge in [0.2, 0.25) is 0 Å². The second kappa shape index (κ2) is 5.68. The van der Waals surface area contributed by atoms with Crippen molar-refractivity contribution < 1.29 is 5.11 Å². The smallest absolute Gasteiger partial charge is 0.144 e. The lowest BCUT2D eigenvalue weighted by atomic mass is 10.7. The molecule has 0 aromatic rings. The molecule has 0 unspecified atom stereocenters. The summed E-state index contributed by atoms with van der Waals surface area (Å²) in [7, 11) is 1.17. The van der Waals surface area contributed by atoms with Gasteiger partial charge in [0.15, 0.2) is 0 Å². The van der Waals surface area contributed by atoms with Crippen molar-refractivity contribution in [2.45, 2.75) is 0 Å². The molecule has 0 aliphatic heterocycles. The first-order chi connectivity index (χ1) is 3.81. The summed E-state index contributed by atoms with van der Waals surface area (Å²) in [6.45, 7) is 0.612. The molecule has 0 rings (SSSR count). The van der Waals surface area contributed by atoms with Gasteiger partial charge in [0.1, 0.15) is 4.32 Å². The van der Waals surface area contributed by atoms with Gasteiger partial charge in [-0.15, -0.1) is 11.7 Å². The molecule has 0 saturated carbocycles. The van der Waals surface area contributed by atoms with Crippen LogP contribution in [-0.4, -0.2) is 22.6 Å². The molecular weight excluding hydrogens is 162 g/mol. The second-order valence-electron chi connectivity index (χ2n) is 1.03. The first-order valence-electron chi connectivity index (χ1n) is 2.01. The van der Waals surface area contributed by atoms with Crippen LogP contribution in [0.3, 0.4) is 0 Å². The van der Waals surface area contributed by atoms with E-state index in [0.717, 1.165) is 0 Å². The Morgan fingerprint density at radius 1 is 1.88 bits per heavy atom. The van der Waals surface area contributed by atoms with Gasteiger partial charge in [-0.25, -0.2) is 0 Å². The summed E-state index contributed by atoms with van der Waals surface area (Å²) in [6, 6.07) is 0. The predicted molar refractivity (Wildman–Crippen MR) is 44.3 cm³/mol. The van der Waals surface area contributed by atoms with Crippen LogP contribution in [-0.2, 0) is 0 Å². The summed E-state index contributed by atoms with van der Waals surface area (Å²) in [4.78, 5) is 0. The summed E-state index contributed by atoms with van der Waals surface area (Å²) in [5, 5.41) is 11.0. The number of hydrogen-bond donors (Lipinski definition) is 3. The lowest BCUT2D eigenvalue weighted by Gasteiger charge is -1.98. The van der Waals surface area contributed by atoms with Gasteiger partial charge in [-0.1, -0.05) is 12.2 Å². The van der Waals surface area contributed by atoms with E-state index in [2.05, 4.69) is 29.2 Å². The first-order valence-corrected chi connectivity index (χ1v) is 4.29. The molecule has 0 heterocycles. The molecule has 0 aromatic carbocycles. The molecule has 0 saturated heterocycles. The molecule has 2 N–H and O–H groups in total. The van der Waals surface area contributed by atoms with Gasteiger partial charge in [0.25, 0.3) is 0 Å². The number of rotatable bonds is 2. The number of aliphatic hydroxyl groups is 1. The van der Waals surface area contributed by atoms with E-state index in [1.54, 1.807) is 0 Å². The maximum Gasteiger partial charge on any atom is 0.144 e. The topological polar surface area (TPSA) is 32.3 Å². The monoisotopic (exact) mass is 169 g/mol. The van der Waals surface area contributed by atoms with Crippen molar-refractivity contribution in [1.29, 1.82) is 0 Å². The Hall–Kier alpha value is 0.550. The van der Waals surface area contributed by atoms with Crippen molar-refractivity contribution in [3.63, 3.8) is 0 Å². The third-order valence-electron chi connectivity index (χ3n) is 0.464. The van der Waals surface area contributed by atoms with Crippen molar-refractivity contribution in [3.05, 3.63) is 0 Å². The molecule has 8 heavy (non-hydrogen) atoms. The van der Waals surface area contributed by atoms with E-state index in [4.69, 9.17) is 5.11 Å². The lowest BCUT2D eigenvalue weighted by molar-refractivity contribution is 0.301. The van der Waals surface area contributed by atoms with E-state index in [1.165, 1.54) is 10.8 Å². The van der Waals surface area contributed by atoms with Crippen molar-refractivity contribution in [1.82, 2.24) is 5.32 Å². The molecule has 0 spiro atoms. The van der Waals surface area contributed by atoms with Crippen molar-refractivity contribution in [2.75, 3.05) is 13.2 Å². The normalized spacial score (nSPS) is 8.75. The number of aliphatic hydroxyl groups excluding tert-OH is 1. The molecule has 5 heteroatoms. The number of thiol groups is 1. The Morgan fingerprint density at radius 2 is 2.50 bits per heavy atom. The molecule has 48 valence electrons. The van der Waals surface area contributed by atoms with E-state index in [0.29, 0.717) is 10.9 Å². The van der Waals surface area contributed by atoms with Crippen LogP contribution >= 0.6 is 34.7 Å². The molecule has 0 aliphatic rings. The van der Waals surface area contributed by atoms with Gasteiger partial charge in [-0.2, -0.15) is 0 Å². The van der Waals surface area contributed by atoms with Gasteiger partial charge in [0, 0.05) is 6.54 Å². The fourth-order valence-corrected chi connectivity index (χ4v) is 0.653. The molecule has 0 aromatic heterocycles. The van der Waals surface area contributed by atoms with E-state index in [-0.39, 0.29) is 6.61 Å². The van der Waals surface area contributed by atoms with Crippen molar-refractivity contribution in [3.8, 4) is 0 Å². The molecule has 0 atom stereocenters. The maximum absolute atomic E-state index is 8.25. The Bertz CT molecular complexity index is 76.9. The Kier molecular flexibility index (Phi) is 6.07. The molecule has 0 radical (unpaired) electrons. The van der Waals surface area contributed by atoms with Crippen LogP contribution in [0, 0.1) is 0 Å². The third-order valence-corrected chi connectivity index (χ3v) is 2.09. The van der Waals surface area contributed by atoms with Crippen LogP contribution in [0.5, 0.6) is 0 Å². The van der Waals surface area contributed by atoms with Gasteiger partial charge in [-0.3, -0.25) is 0 Å². The van der Waals surface area contributed by atoms with Crippen LogP contribution in [0.15, 0.2) is 0 Å². The molecule has 2 nitrogen and oxygen atoms in total. The fourth-order valence-electron chi connectivity index (χ4n) is 0.190. The minimum atomic E-state index is 0.106. The van der Waals surface area contributed by atoms with Crippen LogP contribution in [0.25, 0.3) is 0 Å². The minimum Gasteiger partial charge on any atom is -0.395 e. The highest BCUT2D eigenvalue weighted by Crippen LogP contribution is 2.04. The first kappa shape index (κ1) is 8.55. The number of hydrogen-bond acceptors (Lipinski definition) is 4. The molecule has 0 amide bonds. The average molecular weight is 169 g/mol. The van der Waals surface area contributed by atoms with Crippen LogP contribution in [0.1, 0.15) is 0 Å². The summed E-state index contributed by atoms with van der Waals surface area (Å²) in [6.07, 6.45) is 0. The zero-order chi connectivity index (χ0) is 6.41. The Labute approximate surface area is 62.9 Å². The number of thiocarbonyl (C=S) groups is 1. The van der Waals surface area contributed by atoms with E-state index in [1.807, 2.05) is 0 Å². The van der Waals surface area contributed by atoms with Gasteiger partial charge >= 0.3 is 0 Å². The maximum atomic E-state index is 8.25. The second-order valence-corrected chi connectivity index (χ2v) is 2.83. The molecule has 0 fully saturated rings. The zero-order valence-electron chi connectivity index (χ0n) is 4.13. The standard InChI is InChI=1S/C3H7NOS3/c5-2-1-4-3(6)8-7/h5,7H,1-2H2,(H,4,6). The van der Waals surface area contributed by atoms with Crippen molar-refractivity contribution in [2.24, 2.45) is 0 Å². The average Bonchev–Trinajstić information content (AvgIpc) is 1.83. The van der Waals surface area contributed by atoms with E-state index >= 15 is 0 Å². The number of nitrogens with one attached hydrogen (secondary N) is 1. The van der Waals surface area contributed by atoms with E-state index < -0.39 is 0 Å². The highest BCUT2D eigenvalue weighted by molar-refractivity contribution is 8.76. The van der Waals surface area contributed by atoms with Crippen molar-refractivity contribution >= 4 is 39.0 Å². The van der Waals surface area contributed by atoms with Crippen LogP contribution in [0.2, 0.25) is 0 Å². The summed E-state index contributed by atoms with van der Waals surface area (Å²) in [5.41, 5.74) is 0. The highest BCUT2D eigenvalue weighted by atomic mass is 33.1. The largest absolute Gasteiger partial charge is 0.395 e. The van der Waals surface area contributed by atoms with E-state index in [9.17, 15) is 0 Å². The van der Waals surface area contributed by atoms with Gasteiger partial charge in [0.05, 0.1) is 6.61 Å². The quantitative estimate of drug-likeness (QED) is 0.318. The third kappa shape index (κ3) is 4.70. The molecule has 0 aliphatic carbocycles. The lowest BCUT2D eigenvalue weighted by Crippen LogP contribution is -2.20. The van der Waals surface area contributed by atoms with Crippen LogP contribution < -0.4 is 5.32 Å². The highest BCUT2D eigenvalue weighted by Gasteiger charge is 1.87. The molecular formula is C3H7NOS3. The zero-order valence-corrected chi connectivity index (χ0v) is 6.65. The fraction of sp³-hybridized carbons (Fsp3) is 0.667. The Balaban J connectivity index is 2.99. The summed E-state index contributed by atoms with van der Waals surface area (Å²) < 4.78 is 0.599. The van der Waals surface area contributed by atoms with Gasteiger partial charge < -0.3 is 10.4 Å². The predicted octanol–water partition coefficient (Wildman–Crippen LogP) is 0.431. The SMILES string of the molecule is OCCNC(=S)SS.